The molecule has 0 aliphatic rings. The number of rotatable bonds is 4. The van der Waals surface area contributed by atoms with E-state index in [0.29, 0.717) is 12.1 Å². The van der Waals surface area contributed by atoms with Crippen LogP contribution < -0.4 is 5.32 Å². The van der Waals surface area contributed by atoms with Gasteiger partial charge in [-0.05, 0) is 23.7 Å². The summed E-state index contributed by atoms with van der Waals surface area (Å²) in [7, 11) is 1.33. The summed E-state index contributed by atoms with van der Waals surface area (Å²) in [6, 6.07) is 6.68. The zero-order valence-corrected chi connectivity index (χ0v) is 14.9. The number of hydrogen-bond acceptors (Lipinski definition) is 2. The Morgan fingerprint density at radius 3 is 2.39 bits per heavy atom. The van der Waals surface area contributed by atoms with E-state index in [1.807, 2.05) is 0 Å². The standard InChI is InChI=1S/C18H11ClF5N3O/c1-27-8-11(16(26-27)18(19,23)24)17(28)25-15-5-3-2-4-9(15)10-6-13(21)14(22)7-12(10)20/h2-8H,1H3,(H,25,28). The molecule has 0 atom stereocenters. The molecule has 2 aromatic carbocycles. The first kappa shape index (κ1) is 19.8. The quantitative estimate of drug-likeness (QED) is 0.368. The number of anilines is 1. The van der Waals surface area contributed by atoms with E-state index in [1.54, 1.807) is 0 Å². The van der Waals surface area contributed by atoms with Crippen molar-refractivity contribution in [1.82, 2.24) is 9.78 Å². The van der Waals surface area contributed by atoms with Crippen LogP contribution in [0.15, 0.2) is 42.6 Å². The number of para-hydroxylation sites is 1. The topological polar surface area (TPSA) is 46.9 Å². The Labute approximate surface area is 160 Å². The van der Waals surface area contributed by atoms with E-state index < -0.39 is 40.0 Å². The highest BCUT2D eigenvalue weighted by Crippen LogP contribution is 2.35. The van der Waals surface area contributed by atoms with Crippen LogP contribution in [-0.4, -0.2) is 15.7 Å². The fourth-order valence-corrected chi connectivity index (χ4v) is 2.75. The Hall–Kier alpha value is -2.94. The molecule has 1 N–H and O–H groups in total. The molecule has 0 saturated carbocycles. The van der Waals surface area contributed by atoms with Gasteiger partial charge in [-0.25, -0.2) is 13.2 Å². The van der Waals surface area contributed by atoms with E-state index in [0.717, 1.165) is 10.9 Å². The predicted molar refractivity (Wildman–Crippen MR) is 92.7 cm³/mol. The van der Waals surface area contributed by atoms with Crippen LogP contribution in [0, 0.1) is 17.5 Å². The minimum absolute atomic E-state index is 0.00917. The minimum atomic E-state index is -3.89. The van der Waals surface area contributed by atoms with Gasteiger partial charge in [0.1, 0.15) is 5.82 Å². The number of alkyl halides is 3. The molecule has 4 nitrogen and oxygen atoms in total. The number of carbonyl (C=O) groups excluding carboxylic acids is 1. The largest absolute Gasteiger partial charge is 0.367 e. The van der Waals surface area contributed by atoms with E-state index in [2.05, 4.69) is 10.4 Å². The van der Waals surface area contributed by atoms with Gasteiger partial charge >= 0.3 is 5.38 Å². The highest BCUT2D eigenvalue weighted by atomic mass is 35.5. The smallest absolute Gasteiger partial charge is 0.321 e. The van der Waals surface area contributed by atoms with Crippen molar-refractivity contribution in [2.45, 2.75) is 5.38 Å². The van der Waals surface area contributed by atoms with Crippen LogP contribution in [0.2, 0.25) is 0 Å². The van der Waals surface area contributed by atoms with Crippen LogP contribution in [0.5, 0.6) is 0 Å². The van der Waals surface area contributed by atoms with Crippen molar-refractivity contribution in [3.63, 3.8) is 0 Å². The Morgan fingerprint density at radius 1 is 1.07 bits per heavy atom. The average Bonchev–Trinajstić information content (AvgIpc) is 3.01. The summed E-state index contributed by atoms with van der Waals surface area (Å²) < 4.78 is 68.8. The molecule has 1 heterocycles. The number of halogens is 6. The number of hydrogen-bond donors (Lipinski definition) is 1. The Bertz CT molecular complexity index is 1060. The molecule has 3 aromatic rings. The summed E-state index contributed by atoms with van der Waals surface area (Å²) in [6.07, 6.45) is 1.04. The second kappa shape index (κ2) is 7.23. The second-order valence-electron chi connectivity index (χ2n) is 5.81. The molecule has 0 aliphatic carbocycles. The highest BCUT2D eigenvalue weighted by molar-refractivity contribution is 6.22. The molecule has 0 unspecified atom stereocenters. The van der Waals surface area contributed by atoms with E-state index >= 15 is 0 Å². The molecule has 0 aliphatic heterocycles. The minimum Gasteiger partial charge on any atom is -0.321 e. The molecule has 146 valence electrons. The maximum atomic E-state index is 14.1. The van der Waals surface area contributed by atoms with Crippen LogP contribution in [-0.2, 0) is 12.4 Å². The SMILES string of the molecule is Cn1cc(C(=O)Nc2ccccc2-c2cc(F)c(F)cc2F)c(C(F)(F)Cl)n1. The third-order valence-electron chi connectivity index (χ3n) is 3.82. The molecule has 0 fully saturated rings. The maximum absolute atomic E-state index is 14.1. The number of nitrogens with zero attached hydrogens (tertiary/aromatic N) is 2. The summed E-state index contributed by atoms with van der Waals surface area (Å²) in [5.74, 6) is -4.70. The molecule has 1 aromatic heterocycles. The Balaban J connectivity index is 2.02. The number of benzene rings is 2. The lowest BCUT2D eigenvalue weighted by Crippen LogP contribution is -2.17. The predicted octanol–water partition coefficient (Wildman–Crippen LogP) is 5.04. The van der Waals surface area contributed by atoms with E-state index in [-0.39, 0.29) is 16.8 Å². The molecule has 0 bridgehead atoms. The fraction of sp³-hybridized carbons (Fsp3) is 0.111. The van der Waals surface area contributed by atoms with Crippen LogP contribution >= 0.6 is 11.6 Å². The number of carbonyl (C=O) groups is 1. The lowest BCUT2D eigenvalue weighted by Gasteiger charge is -2.13. The average molecular weight is 416 g/mol. The van der Waals surface area contributed by atoms with Gasteiger partial charge in [0.05, 0.1) is 5.56 Å². The first-order valence-corrected chi connectivity index (χ1v) is 8.12. The summed E-state index contributed by atoms with van der Waals surface area (Å²) in [5.41, 5.74) is -1.75. The molecule has 1 amide bonds. The number of nitrogens with one attached hydrogen (secondary N) is 1. The third kappa shape index (κ3) is 3.84. The zero-order chi connectivity index (χ0) is 20.6. The second-order valence-corrected chi connectivity index (χ2v) is 6.28. The molecule has 0 saturated heterocycles. The van der Waals surface area contributed by atoms with Gasteiger partial charge in [-0.15, -0.1) is 0 Å². The van der Waals surface area contributed by atoms with Gasteiger partial charge in [0.2, 0.25) is 0 Å². The van der Waals surface area contributed by atoms with Gasteiger partial charge in [-0.3, -0.25) is 9.48 Å². The van der Waals surface area contributed by atoms with Gasteiger partial charge < -0.3 is 5.32 Å². The first-order chi connectivity index (χ1) is 13.1. The highest BCUT2D eigenvalue weighted by Gasteiger charge is 2.36. The van der Waals surface area contributed by atoms with Crippen LogP contribution in [0.25, 0.3) is 11.1 Å². The Morgan fingerprint density at radius 2 is 1.71 bits per heavy atom. The third-order valence-corrected chi connectivity index (χ3v) is 4.00. The molecular formula is C18H11ClF5N3O. The molecule has 0 radical (unpaired) electrons. The van der Waals surface area contributed by atoms with Crippen LogP contribution in [0.4, 0.5) is 27.6 Å². The first-order valence-electron chi connectivity index (χ1n) is 7.74. The monoisotopic (exact) mass is 415 g/mol. The molecule has 28 heavy (non-hydrogen) atoms. The van der Waals surface area contributed by atoms with E-state index in [4.69, 9.17) is 11.6 Å². The normalized spacial score (nSPS) is 11.5. The number of aryl methyl sites for hydroxylation is 1. The van der Waals surface area contributed by atoms with Crippen molar-refractivity contribution in [2.24, 2.45) is 7.05 Å². The van der Waals surface area contributed by atoms with Gasteiger partial charge in [0, 0.05) is 36.1 Å². The molecule has 0 spiro atoms. The number of amides is 1. The van der Waals surface area contributed by atoms with Gasteiger partial charge in [-0.1, -0.05) is 18.2 Å². The van der Waals surface area contributed by atoms with Gasteiger partial charge in [-0.2, -0.15) is 13.9 Å². The van der Waals surface area contributed by atoms with Crippen molar-refractivity contribution in [1.29, 1.82) is 0 Å². The summed E-state index contributed by atoms with van der Waals surface area (Å²) >= 11 is 4.99. The fourth-order valence-electron chi connectivity index (χ4n) is 2.61. The van der Waals surface area contributed by atoms with Crippen LogP contribution in [0.3, 0.4) is 0 Å². The van der Waals surface area contributed by atoms with Crippen molar-refractivity contribution in [2.75, 3.05) is 5.32 Å². The van der Waals surface area contributed by atoms with Crippen molar-refractivity contribution in [3.05, 3.63) is 71.3 Å². The zero-order valence-electron chi connectivity index (χ0n) is 14.1. The van der Waals surface area contributed by atoms with Gasteiger partial charge in [0.25, 0.3) is 5.91 Å². The lowest BCUT2D eigenvalue weighted by molar-refractivity contribution is 0.0849. The molecule has 10 heteroatoms. The van der Waals surface area contributed by atoms with E-state index in [1.165, 1.54) is 31.3 Å². The molecular weight excluding hydrogens is 405 g/mol. The molecule has 3 rings (SSSR count). The Kier molecular flexibility index (Phi) is 5.12. The number of aromatic nitrogens is 2. The van der Waals surface area contributed by atoms with Gasteiger partial charge in [0.15, 0.2) is 17.3 Å². The summed E-state index contributed by atoms with van der Waals surface area (Å²) in [4.78, 5) is 12.5. The van der Waals surface area contributed by atoms with E-state index in [9.17, 15) is 26.7 Å². The maximum Gasteiger partial charge on any atom is 0.367 e. The lowest BCUT2D eigenvalue weighted by atomic mass is 10.0. The van der Waals surface area contributed by atoms with Crippen LogP contribution in [0.1, 0.15) is 16.1 Å². The summed E-state index contributed by atoms with van der Waals surface area (Å²) in [6.45, 7) is 0. The van der Waals surface area contributed by atoms with Crippen molar-refractivity contribution >= 4 is 23.2 Å². The van der Waals surface area contributed by atoms with Crippen molar-refractivity contribution < 1.29 is 26.7 Å². The summed E-state index contributed by atoms with van der Waals surface area (Å²) in [5, 5.41) is 1.94. The van der Waals surface area contributed by atoms with Crippen molar-refractivity contribution in [3.8, 4) is 11.1 Å².